The third-order valence-corrected chi connectivity index (χ3v) is 4.66. The minimum atomic E-state index is -3.33. The molecule has 0 atom stereocenters. The number of hydrogen-bond acceptors (Lipinski definition) is 4. The Labute approximate surface area is 88.4 Å². The Morgan fingerprint density at radius 1 is 1.33 bits per heavy atom. The zero-order chi connectivity index (χ0) is 10.9. The third kappa shape index (κ3) is 1.78. The van der Waals surface area contributed by atoms with Crippen LogP contribution >= 0.6 is 0 Å². The van der Waals surface area contributed by atoms with Gasteiger partial charge in [0.15, 0.2) is 9.84 Å². The van der Waals surface area contributed by atoms with Crippen LogP contribution in [-0.4, -0.2) is 32.0 Å². The fourth-order valence-electron chi connectivity index (χ4n) is 1.48. The lowest BCUT2D eigenvalue weighted by atomic mass is 10.2. The highest BCUT2D eigenvalue weighted by molar-refractivity contribution is 7.92. The second-order valence-electron chi connectivity index (χ2n) is 3.47. The first-order valence-electron chi connectivity index (χ1n) is 4.66. The number of hydrogen-bond donors (Lipinski definition) is 1. The second-order valence-corrected chi connectivity index (χ2v) is 5.67. The van der Waals surface area contributed by atoms with Crippen molar-refractivity contribution >= 4 is 9.84 Å². The van der Waals surface area contributed by atoms with Crippen molar-refractivity contribution < 1.29 is 18.3 Å². The smallest absolute Gasteiger partial charge is 0.186 e. The summed E-state index contributed by atoms with van der Waals surface area (Å²) in [7, 11) is -3.33. The maximum Gasteiger partial charge on any atom is 0.186 e. The standard InChI is InChI=1S/C10H12O4S/c11-5-8-3-1-2-4-10(8)15(12,13)9-6-14-7-9/h1-4,9,11H,5-7H2. The van der Waals surface area contributed by atoms with Gasteiger partial charge in [-0.05, 0) is 11.6 Å². The lowest BCUT2D eigenvalue weighted by Gasteiger charge is -2.26. The molecular formula is C10H12O4S. The van der Waals surface area contributed by atoms with Crippen molar-refractivity contribution in [3.63, 3.8) is 0 Å². The van der Waals surface area contributed by atoms with Crippen LogP contribution in [0.3, 0.4) is 0 Å². The number of aliphatic hydroxyl groups is 1. The van der Waals surface area contributed by atoms with Crippen molar-refractivity contribution in [2.75, 3.05) is 13.2 Å². The Bertz CT molecular complexity index is 448. The van der Waals surface area contributed by atoms with Crippen LogP contribution in [0.1, 0.15) is 5.56 Å². The first kappa shape index (κ1) is 10.6. The van der Waals surface area contributed by atoms with Gasteiger partial charge in [-0.3, -0.25) is 0 Å². The van der Waals surface area contributed by atoms with E-state index in [1.165, 1.54) is 6.07 Å². The highest BCUT2D eigenvalue weighted by atomic mass is 32.2. The molecule has 0 spiro atoms. The van der Waals surface area contributed by atoms with Crippen LogP contribution in [-0.2, 0) is 21.2 Å². The van der Waals surface area contributed by atoms with Gasteiger partial charge in [0, 0.05) is 0 Å². The van der Waals surface area contributed by atoms with Crippen LogP contribution < -0.4 is 0 Å². The zero-order valence-electron chi connectivity index (χ0n) is 8.09. The number of rotatable bonds is 3. The largest absolute Gasteiger partial charge is 0.392 e. The molecule has 1 aliphatic heterocycles. The molecule has 0 radical (unpaired) electrons. The first-order chi connectivity index (χ1) is 7.16. The summed E-state index contributed by atoms with van der Waals surface area (Å²) in [5, 5.41) is 8.61. The molecule has 2 rings (SSSR count). The quantitative estimate of drug-likeness (QED) is 0.811. The van der Waals surface area contributed by atoms with Crippen molar-refractivity contribution in [2.24, 2.45) is 0 Å². The van der Waals surface area contributed by atoms with E-state index < -0.39 is 15.1 Å². The molecule has 0 amide bonds. The molecule has 0 saturated carbocycles. The summed E-state index contributed by atoms with van der Waals surface area (Å²) in [6.45, 7) is 0.243. The van der Waals surface area contributed by atoms with Gasteiger partial charge in [0.1, 0.15) is 5.25 Å². The predicted molar refractivity (Wildman–Crippen MR) is 54.2 cm³/mol. The minimum absolute atomic E-state index is 0.223. The maximum atomic E-state index is 12.0. The van der Waals surface area contributed by atoms with Gasteiger partial charge in [0.05, 0.1) is 24.7 Å². The van der Waals surface area contributed by atoms with Gasteiger partial charge in [-0.1, -0.05) is 18.2 Å². The Hall–Kier alpha value is -0.910. The molecule has 0 bridgehead atoms. The van der Waals surface area contributed by atoms with Gasteiger partial charge in [-0.2, -0.15) is 0 Å². The average molecular weight is 228 g/mol. The molecule has 82 valence electrons. The summed E-state index contributed by atoms with van der Waals surface area (Å²) in [5.74, 6) is 0. The van der Waals surface area contributed by atoms with Crippen LogP contribution in [0.2, 0.25) is 0 Å². The van der Waals surface area contributed by atoms with Crippen molar-refractivity contribution in [1.29, 1.82) is 0 Å². The van der Waals surface area contributed by atoms with Crippen LogP contribution in [0.4, 0.5) is 0 Å². The van der Waals surface area contributed by atoms with E-state index in [2.05, 4.69) is 0 Å². The fourth-order valence-corrected chi connectivity index (χ4v) is 3.16. The molecule has 1 aliphatic rings. The lowest BCUT2D eigenvalue weighted by molar-refractivity contribution is 0.0415. The van der Waals surface area contributed by atoms with Crippen LogP contribution in [0.25, 0.3) is 0 Å². The molecule has 0 unspecified atom stereocenters. The fraction of sp³-hybridized carbons (Fsp3) is 0.400. The van der Waals surface area contributed by atoms with E-state index in [0.717, 1.165) is 0 Å². The highest BCUT2D eigenvalue weighted by Crippen LogP contribution is 2.24. The van der Waals surface area contributed by atoms with Crippen LogP contribution in [0.15, 0.2) is 29.2 Å². The minimum Gasteiger partial charge on any atom is -0.392 e. The van der Waals surface area contributed by atoms with E-state index in [4.69, 9.17) is 9.84 Å². The molecule has 1 aromatic rings. The van der Waals surface area contributed by atoms with E-state index in [-0.39, 0.29) is 24.7 Å². The normalized spacial score (nSPS) is 17.4. The van der Waals surface area contributed by atoms with Crippen molar-refractivity contribution in [3.05, 3.63) is 29.8 Å². The van der Waals surface area contributed by atoms with Gasteiger partial charge >= 0.3 is 0 Å². The molecule has 1 N–H and O–H groups in total. The molecule has 0 aliphatic carbocycles. The van der Waals surface area contributed by atoms with Crippen molar-refractivity contribution in [3.8, 4) is 0 Å². The molecule has 1 saturated heterocycles. The zero-order valence-corrected chi connectivity index (χ0v) is 8.90. The maximum absolute atomic E-state index is 12.0. The molecule has 15 heavy (non-hydrogen) atoms. The van der Waals surface area contributed by atoms with E-state index in [0.29, 0.717) is 5.56 Å². The van der Waals surface area contributed by atoms with Crippen LogP contribution in [0.5, 0.6) is 0 Å². The number of ether oxygens (including phenoxy) is 1. The molecule has 5 heteroatoms. The molecular weight excluding hydrogens is 216 g/mol. The molecule has 0 aromatic heterocycles. The second kappa shape index (κ2) is 3.92. The van der Waals surface area contributed by atoms with Gasteiger partial charge < -0.3 is 9.84 Å². The molecule has 1 fully saturated rings. The molecule has 4 nitrogen and oxygen atoms in total. The van der Waals surface area contributed by atoms with E-state index >= 15 is 0 Å². The summed E-state index contributed by atoms with van der Waals surface area (Å²) in [5.41, 5.74) is 0.449. The highest BCUT2D eigenvalue weighted by Gasteiger charge is 2.34. The molecule has 1 aromatic carbocycles. The SMILES string of the molecule is O=S(=O)(c1ccccc1CO)C1COC1. The van der Waals surface area contributed by atoms with E-state index in [9.17, 15) is 8.42 Å². The summed E-state index contributed by atoms with van der Waals surface area (Å²) in [6, 6.07) is 6.51. The Kier molecular flexibility index (Phi) is 2.77. The summed E-state index contributed by atoms with van der Waals surface area (Å²) in [6.07, 6.45) is 0. The number of benzene rings is 1. The van der Waals surface area contributed by atoms with E-state index in [1.807, 2.05) is 0 Å². The van der Waals surface area contributed by atoms with Gasteiger partial charge in [-0.15, -0.1) is 0 Å². The number of aliphatic hydroxyl groups excluding tert-OH is 1. The van der Waals surface area contributed by atoms with Gasteiger partial charge in [0.2, 0.25) is 0 Å². The topological polar surface area (TPSA) is 63.6 Å². The summed E-state index contributed by atoms with van der Waals surface area (Å²) >= 11 is 0. The predicted octanol–water partition coefficient (Wildman–Crippen LogP) is 0.351. The summed E-state index contributed by atoms with van der Waals surface area (Å²) in [4.78, 5) is 0.223. The summed E-state index contributed by atoms with van der Waals surface area (Å²) < 4.78 is 28.9. The van der Waals surface area contributed by atoms with Crippen molar-refractivity contribution in [2.45, 2.75) is 16.8 Å². The molecule has 1 heterocycles. The first-order valence-corrected chi connectivity index (χ1v) is 6.21. The third-order valence-electron chi connectivity index (χ3n) is 2.50. The van der Waals surface area contributed by atoms with Gasteiger partial charge in [0.25, 0.3) is 0 Å². The Morgan fingerprint density at radius 3 is 2.53 bits per heavy atom. The van der Waals surface area contributed by atoms with Crippen molar-refractivity contribution in [1.82, 2.24) is 0 Å². The Balaban J connectivity index is 2.43. The monoisotopic (exact) mass is 228 g/mol. The lowest BCUT2D eigenvalue weighted by Crippen LogP contribution is -2.40. The van der Waals surface area contributed by atoms with E-state index in [1.54, 1.807) is 18.2 Å². The Morgan fingerprint density at radius 2 is 2.00 bits per heavy atom. The average Bonchev–Trinajstić information content (AvgIpc) is 2.14. The van der Waals surface area contributed by atoms with Gasteiger partial charge in [-0.25, -0.2) is 8.42 Å². The van der Waals surface area contributed by atoms with Crippen LogP contribution in [0, 0.1) is 0 Å². The number of sulfone groups is 1.